The Hall–Kier alpha value is -1.31. The number of Topliss-reactive ketones (excluding diaryl/α,β-unsaturated/α-hetero) is 1. The van der Waals surface area contributed by atoms with E-state index < -0.39 is 0 Å². The number of rotatable bonds is 16. The van der Waals surface area contributed by atoms with Crippen LogP contribution in [-0.4, -0.2) is 10.9 Å². The molecule has 0 spiro atoms. The number of hydrogen-bond donors (Lipinski definition) is 1. The lowest BCUT2D eigenvalue weighted by Crippen LogP contribution is -2.18. The van der Waals surface area contributed by atoms with E-state index in [4.69, 9.17) is 0 Å². The summed E-state index contributed by atoms with van der Waals surface area (Å²) in [6.07, 6.45) is 19.2. The molecule has 1 aromatic rings. The van der Waals surface area contributed by atoms with Gasteiger partial charge in [-0.25, -0.2) is 0 Å². The highest BCUT2D eigenvalue weighted by atomic mass is 16.3. The Bertz CT molecular complexity index is 653. The van der Waals surface area contributed by atoms with E-state index in [9.17, 15) is 9.90 Å². The number of carbonyl (C=O) groups is 1. The first-order valence-electron chi connectivity index (χ1n) is 13.9. The molecule has 190 valence electrons. The molecule has 0 atom stereocenters. The van der Waals surface area contributed by atoms with Crippen molar-refractivity contribution in [3.05, 3.63) is 28.8 Å². The third kappa shape index (κ3) is 11.6. The van der Waals surface area contributed by atoms with Crippen molar-refractivity contribution in [3.8, 4) is 5.75 Å². The van der Waals surface area contributed by atoms with Gasteiger partial charge in [-0.2, -0.15) is 0 Å². The van der Waals surface area contributed by atoms with Crippen LogP contribution in [0.2, 0.25) is 0 Å². The van der Waals surface area contributed by atoms with Crippen LogP contribution in [0.5, 0.6) is 5.75 Å². The Morgan fingerprint density at radius 2 is 0.970 bits per heavy atom. The maximum atomic E-state index is 13.0. The van der Waals surface area contributed by atoms with E-state index in [2.05, 4.69) is 48.5 Å². The molecule has 0 aliphatic heterocycles. The van der Waals surface area contributed by atoms with Crippen molar-refractivity contribution in [2.45, 2.75) is 156 Å². The van der Waals surface area contributed by atoms with Gasteiger partial charge in [0.2, 0.25) is 0 Å². The van der Waals surface area contributed by atoms with E-state index in [0.29, 0.717) is 12.2 Å². The number of aromatic hydroxyl groups is 1. The third-order valence-corrected chi connectivity index (χ3v) is 6.81. The summed E-state index contributed by atoms with van der Waals surface area (Å²) < 4.78 is 0. The van der Waals surface area contributed by atoms with Gasteiger partial charge in [-0.15, -0.1) is 0 Å². The molecule has 0 fully saturated rings. The van der Waals surface area contributed by atoms with E-state index in [1.54, 1.807) is 0 Å². The summed E-state index contributed by atoms with van der Waals surface area (Å²) in [5, 5.41) is 10.9. The van der Waals surface area contributed by atoms with Gasteiger partial charge in [-0.05, 0) is 29.4 Å². The molecule has 0 saturated heterocycles. The Balaban J connectivity index is 2.34. The van der Waals surface area contributed by atoms with Gasteiger partial charge < -0.3 is 5.11 Å². The number of phenolic OH excluding ortho intramolecular Hbond substituents is 1. The first-order valence-corrected chi connectivity index (χ1v) is 13.9. The van der Waals surface area contributed by atoms with Crippen molar-refractivity contribution in [2.24, 2.45) is 0 Å². The molecule has 1 N–H and O–H groups in total. The lowest BCUT2D eigenvalue weighted by Gasteiger charge is -2.28. The van der Waals surface area contributed by atoms with Crippen LogP contribution in [-0.2, 0) is 10.8 Å². The zero-order valence-electron chi connectivity index (χ0n) is 23.1. The zero-order chi connectivity index (χ0) is 24.9. The van der Waals surface area contributed by atoms with E-state index in [1.807, 2.05) is 12.1 Å². The van der Waals surface area contributed by atoms with Crippen molar-refractivity contribution < 1.29 is 9.90 Å². The summed E-state index contributed by atoms with van der Waals surface area (Å²) in [5.74, 6) is 0.563. The Morgan fingerprint density at radius 3 is 1.30 bits per heavy atom. The smallest absolute Gasteiger partial charge is 0.162 e. The van der Waals surface area contributed by atoms with Gasteiger partial charge in [-0.1, -0.05) is 132 Å². The lowest BCUT2D eigenvalue weighted by atomic mass is 9.78. The highest BCUT2D eigenvalue weighted by molar-refractivity contribution is 5.96. The lowest BCUT2D eigenvalue weighted by molar-refractivity contribution is 0.0979. The molecule has 0 aromatic heterocycles. The molecule has 0 bridgehead atoms. The van der Waals surface area contributed by atoms with Crippen LogP contribution < -0.4 is 0 Å². The second kappa shape index (κ2) is 14.8. The maximum Gasteiger partial charge on any atom is 0.162 e. The third-order valence-electron chi connectivity index (χ3n) is 6.81. The quantitative estimate of drug-likeness (QED) is 0.197. The number of unbranched alkanes of at least 4 members (excludes halogenated alkanes) is 13. The van der Waals surface area contributed by atoms with Gasteiger partial charge in [0.15, 0.2) is 5.78 Å². The topological polar surface area (TPSA) is 37.3 Å². The predicted octanol–water partition coefficient (Wildman–Crippen LogP) is 10.0. The molecule has 2 heteroatoms. The number of benzene rings is 1. The van der Waals surface area contributed by atoms with Crippen LogP contribution in [0.3, 0.4) is 0 Å². The largest absolute Gasteiger partial charge is 0.507 e. The number of hydrogen-bond acceptors (Lipinski definition) is 2. The highest BCUT2D eigenvalue weighted by Gasteiger charge is 2.27. The first kappa shape index (κ1) is 29.7. The molecule has 0 aliphatic carbocycles. The first-order chi connectivity index (χ1) is 15.5. The maximum absolute atomic E-state index is 13.0. The molecule has 0 unspecified atom stereocenters. The summed E-state index contributed by atoms with van der Waals surface area (Å²) in [5.41, 5.74) is 2.11. The van der Waals surface area contributed by atoms with E-state index in [0.717, 1.165) is 29.5 Å². The Kier molecular flexibility index (Phi) is 13.4. The van der Waals surface area contributed by atoms with E-state index in [-0.39, 0.29) is 16.6 Å². The fourth-order valence-electron chi connectivity index (χ4n) is 4.56. The fourth-order valence-corrected chi connectivity index (χ4v) is 4.56. The van der Waals surface area contributed by atoms with E-state index in [1.165, 1.54) is 77.0 Å². The van der Waals surface area contributed by atoms with Gasteiger partial charge in [0.1, 0.15) is 5.75 Å². The van der Waals surface area contributed by atoms with Crippen molar-refractivity contribution in [3.63, 3.8) is 0 Å². The number of ketones is 1. The molecule has 2 nitrogen and oxygen atoms in total. The SMILES string of the molecule is CCCCCCCCCCCCCCCCC(=O)c1cc(C(C)(C)C)c(O)c(C(C)(C)C)c1. The minimum absolute atomic E-state index is 0.199. The number of phenols is 1. The van der Waals surface area contributed by atoms with Gasteiger partial charge in [0.05, 0.1) is 0 Å². The van der Waals surface area contributed by atoms with Crippen molar-refractivity contribution in [1.82, 2.24) is 0 Å². The van der Waals surface area contributed by atoms with Crippen LogP contribution >= 0.6 is 0 Å². The van der Waals surface area contributed by atoms with Crippen molar-refractivity contribution in [1.29, 1.82) is 0 Å². The van der Waals surface area contributed by atoms with Crippen LogP contribution in [0, 0.1) is 0 Å². The second-order valence-electron chi connectivity index (χ2n) is 12.2. The van der Waals surface area contributed by atoms with Crippen LogP contribution in [0.1, 0.15) is 166 Å². The van der Waals surface area contributed by atoms with Gasteiger partial charge in [-0.3, -0.25) is 4.79 Å². The van der Waals surface area contributed by atoms with Crippen LogP contribution in [0.4, 0.5) is 0 Å². The van der Waals surface area contributed by atoms with Crippen LogP contribution in [0.25, 0.3) is 0 Å². The zero-order valence-corrected chi connectivity index (χ0v) is 23.1. The molecule has 0 heterocycles. The average Bonchev–Trinajstić information content (AvgIpc) is 2.72. The average molecular weight is 459 g/mol. The monoisotopic (exact) mass is 458 g/mol. The molecule has 1 rings (SSSR count). The van der Waals surface area contributed by atoms with E-state index >= 15 is 0 Å². The van der Waals surface area contributed by atoms with Crippen molar-refractivity contribution >= 4 is 5.78 Å². The molecular formula is C31H54O2. The summed E-state index contributed by atoms with van der Waals surface area (Å²) in [6.45, 7) is 14.8. The molecule has 1 aromatic carbocycles. The minimum Gasteiger partial charge on any atom is -0.507 e. The minimum atomic E-state index is -0.199. The molecule has 0 radical (unpaired) electrons. The van der Waals surface area contributed by atoms with Gasteiger partial charge in [0.25, 0.3) is 0 Å². The molecular weight excluding hydrogens is 404 g/mol. The second-order valence-corrected chi connectivity index (χ2v) is 12.2. The Labute approximate surface area is 206 Å². The van der Waals surface area contributed by atoms with Gasteiger partial charge >= 0.3 is 0 Å². The van der Waals surface area contributed by atoms with Crippen LogP contribution in [0.15, 0.2) is 12.1 Å². The van der Waals surface area contributed by atoms with Gasteiger partial charge in [0, 0.05) is 23.1 Å². The molecule has 0 saturated carbocycles. The predicted molar refractivity (Wildman–Crippen MR) is 145 cm³/mol. The summed E-state index contributed by atoms with van der Waals surface area (Å²) in [6, 6.07) is 3.85. The summed E-state index contributed by atoms with van der Waals surface area (Å²) in [4.78, 5) is 13.0. The normalized spacial score (nSPS) is 12.3. The standard InChI is InChI=1S/C31H54O2/c1-8-9-10-11-12-13-14-15-16-17-18-19-20-21-22-28(32)25-23-26(30(2,3)4)29(33)27(24-25)31(5,6)7/h23-24,33H,8-22H2,1-7H3. The molecule has 0 amide bonds. The molecule has 0 aliphatic rings. The number of carbonyl (C=O) groups excluding carboxylic acids is 1. The fraction of sp³-hybridized carbons (Fsp3) is 0.774. The highest BCUT2D eigenvalue weighted by Crippen LogP contribution is 2.40. The summed E-state index contributed by atoms with van der Waals surface area (Å²) in [7, 11) is 0. The Morgan fingerprint density at radius 1 is 0.636 bits per heavy atom. The molecule has 33 heavy (non-hydrogen) atoms. The van der Waals surface area contributed by atoms with Crippen molar-refractivity contribution in [2.75, 3.05) is 0 Å². The summed E-state index contributed by atoms with van der Waals surface area (Å²) >= 11 is 0.